The van der Waals surface area contributed by atoms with Crippen LogP contribution in [0.2, 0.25) is 0 Å². The van der Waals surface area contributed by atoms with Crippen molar-refractivity contribution in [3.05, 3.63) is 29.0 Å². The standard InChI is InChI=1S/C14H17NO3/c1-5-18-14(17)13-9(3)15(4)11-6-8(2)12(16)7-10(11)13/h6-7,16H,5H2,1-4H3. The van der Waals surface area contributed by atoms with Gasteiger partial charge in [0.1, 0.15) is 5.75 Å². The molecular weight excluding hydrogens is 230 g/mol. The maximum absolute atomic E-state index is 12.0. The van der Waals surface area contributed by atoms with Crippen LogP contribution in [0.15, 0.2) is 12.1 Å². The van der Waals surface area contributed by atoms with Crippen LogP contribution < -0.4 is 0 Å². The Morgan fingerprint density at radius 3 is 2.67 bits per heavy atom. The lowest BCUT2D eigenvalue weighted by Crippen LogP contribution is -2.06. The number of ether oxygens (including phenoxy) is 1. The molecule has 0 aliphatic rings. The van der Waals surface area contributed by atoms with E-state index in [1.54, 1.807) is 13.0 Å². The summed E-state index contributed by atoms with van der Waals surface area (Å²) in [5, 5.41) is 10.5. The number of fused-ring (bicyclic) bond motifs is 1. The number of carbonyl (C=O) groups excluding carboxylic acids is 1. The summed E-state index contributed by atoms with van der Waals surface area (Å²) in [6.45, 7) is 5.83. The first-order chi connectivity index (χ1) is 8.47. The van der Waals surface area contributed by atoms with E-state index in [0.717, 1.165) is 22.2 Å². The molecule has 0 saturated carbocycles. The van der Waals surface area contributed by atoms with Crippen molar-refractivity contribution < 1.29 is 14.6 Å². The summed E-state index contributed by atoms with van der Waals surface area (Å²) in [5.41, 5.74) is 3.09. The van der Waals surface area contributed by atoms with Crippen molar-refractivity contribution in [1.29, 1.82) is 0 Å². The molecule has 1 N–H and O–H groups in total. The summed E-state index contributed by atoms with van der Waals surface area (Å²) < 4.78 is 7.00. The van der Waals surface area contributed by atoms with Gasteiger partial charge in [0.05, 0.1) is 12.2 Å². The monoisotopic (exact) mass is 247 g/mol. The molecule has 0 radical (unpaired) electrons. The number of hydrogen-bond acceptors (Lipinski definition) is 3. The van der Waals surface area contributed by atoms with Crippen LogP contribution in [0.1, 0.15) is 28.5 Å². The van der Waals surface area contributed by atoms with Crippen LogP contribution in [0, 0.1) is 13.8 Å². The number of aryl methyl sites for hydroxylation is 2. The minimum absolute atomic E-state index is 0.193. The van der Waals surface area contributed by atoms with Crippen LogP contribution in [0.4, 0.5) is 0 Å². The van der Waals surface area contributed by atoms with Gasteiger partial charge in [-0.3, -0.25) is 0 Å². The second kappa shape index (κ2) is 4.37. The minimum atomic E-state index is -0.344. The average molecular weight is 247 g/mol. The predicted octanol–water partition coefficient (Wildman–Crippen LogP) is 2.68. The van der Waals surface area contributed by atoms with Crippen molar-refractivity contribution in [1.82, 2.24) is 4.57 Å². The SMILES string of the molecule is CCOC(=O)c1c(C)n(C)c2cc(C)c(O)cc12. The van der Waals surface area contributed by atoms with Gasteiger partial charge in [-0.1, -0.05) is 0 Å². The van der Waals surface area contributed by atoms with Gasteiger partial charge in [0.2, 0.25) is 0 Å². The molecule has 4 heteroatoms. The third kappa shape index (κ3) is 1.74. The van der Waals surface area contributed by atoms with Crippen molar-refractivity contribution >= 4 is 16.9 Å². The molecule has 1 aromatic carbocycles. The predicted molar refractivity (Wildman–Crippen MR) is 70.0 cm³/mol. The van der Waals surface area contributed by atoms with Gasteiger partial charge in [-0.15, -0.1) is 0 Å². The number of phenolic OH excluding ortho intramolecular Hbond substituents is 1. The average Bonchev–Trinajstić information content (AvgIpc) is 2.54. The second-order valence-electron chi connectivity index (χ2n) is 4.40. The van der Waals surface area contributed by atoms with E-state index in [4.69, 9.17) is 4.74 Å². The lowest BCUT2D eigenvalue weighted by atomic mass is 10.1. The fraction of sp³-hybridized carbons (Fsp3) is 0.357. The fourth-order valence-corrected chi connectivity index (χ4v) is 2.16. The maximum atomic E-state index is 12.0. The van der Waals surface area contributed by atoms with E-state index < -0.39 is 0 Å². The molecule has 4 nitrogen and oxygen atoms in total. The van der Waals surface area contributed by atoms with Gasteiger partial charge >= 0.3 is 5.97 Å². The summed E-state index contributed by atoms with van der Waals surface area (Å²) in [6.07, 6.45) is 0. The van der Waals surface area contributed by atoms with Crippen molar-refractivity contribution in [3.63, 3.8) is 0 Å². The van der Waals surface area contributed by atoms with Gasteiger partial charge in [0.25, 0.3) is 0 Å². The molecule has 0 aliphatic carbocycles. The van der Waals surface area contributed by atoms with E-state index in [-0.39, 0.29) is 11.7 Å². The summed E-state index contributed by atoms with van der Waals surface area (Å²) >= 11 is 0. The highest BCUT2D eigenvalue weighted by Crippen LogP contribution is 2.31. The molecule has 0 unspecified atom stereocenters. The summed E-state index contributed by atoms with van der Waals surface area (Å²) in [5.74, 6) is -0.150. The third-order valence-corrected chi connectivity index (χ3v) is 3.29. The molecule has 1 heterocycles. The molecule has 0 atom stereocenters. The Hall–Kier alpha value is -1.97. The van der Waals surface area contributed by atoms with Gasteiger partial charge in [-0.05, 0) is 38.5 Å². The summed E-state index contributed by atoms with van der Waals surface area (Å²) in [6, 6.07) is 3.50. The number of hydrogen-bond donors (Lipinski definition) is 1. The summed E-state index contributed by atoms with van der Waals surface area (Å²) in [7, 11) is 1.90. The van der Waals surface area contributed by atoms with Gasteiger partial charge in [-0.25, -0.2) is 4.79 Å². The number of nitrogens with zero attached hydrogens (tertiary/aromatic N) is 1. The van der Waals surface area contributed by atoms with Crippen molar-refractivity contribution in [2.45, 2.75) is 20.8 Å². The van der Waals surface area contributed by atoms with Crippen LogP contribution in [-0.2, 0) is 11.8 Å². The van der Waals surface area contributed by atoms with Crippen molar-refractivity contribution in [3.8, 4) is 5.75 Å². The van der Waals surface area contributed by atoms with Crippen LogP contribution >= 0.6 is 0 Å². The van der Waals surface area contributed by atoms with E-state index >= 15 is 0 Å². The van der Waals surface area contributed by atoms with Crippen LogP contribution in [0.3, 0.4) is 0 Å². The first-order valence-corrected chi connectivity index (χ1v) is 5.93. The van der Waals surface area contributed by atoms with Crippen LogP contribution in [-0.4, -0.2) is 22.2 Å². The molecule has 0 amide bonds. The Morgan fingerprint density at radius 1 is 1.39 bits per heavy atom. The van der Waals surface area contributed by atoms with E-state index in [9.17, 15) is 9.90 Å². The lowest BCUT2D eigenvalue weighted by Gasteiger charge is -2.02. The number of esters is 1. The van der Waals surface area contributed by atoms with E-state index in [1.807, 2.05) is 31.5 Å². The first-order valence-electron chi connectivity index (χ1n) is 5.93. The molecule has 0 fully saturated rings. The largest absolute Gasteiger partial charge is 0.508 e. The van der Waals surface area contributed by atoms with Crippen LogP contribution in [0.5, 0.6) is 5.75 Å². The second-order valence-corrected chi connectivity index (χ2v) is 4.40. The Morgan fingerprint density at radius 2 is 2.06 bits per heavy atom. The summed E-state index contributed by atoms with van der Waals surface area (Å²) in [4.78, 5) is 12.0. The van der Waals surface area contributed by atoms with Crippen molar-refractivity contribution in [2.75, 3.05) is 6.61 Å². The van der Waals surface area contributed by atoms with Gasteiger partial charge in [0.15, 0.2) is 0 Å². The van der Waals surface area contributed by atoms with E-state index in [1.165, 1.54) is 0 Å². The van der Waals surface area contributed by atoms with Gasteiger partial charge in [-0.2, -0.15) is 0 Å². The normalized spacial score (nSPS) is 10.9. The first kappa shape index (κ1) is 12.5. The number of carbonyl (C=O) groups is 1. The molecule has 96 valence electrons. The van der Waals surface area contributed by atoms with E-state index in [0.29, 0.717) is 12.2 Å². The topological polar surface area (TPSA) is 51.5 Å². The van der Waals surface area contributed by atoms with Gasteiger partial charge < -0.3 is 14.4 Å². The Balaban J connectivity index is 2.77. The molecule has 18 heavy (non-hydrogen) atoms. The highest BCUT2D eigenvalue weighted by Gasteiger charge is 2.20. The number of rotatable bonds is 2. The molecule has 2 rings (SSSR count). The molecular formula is C14H17NO3. The molecule has 0 spiro atoms. The number of benzene rings is 1. The third-order valence-electron chi connectivity index (χ3n) is 3.29. The van der Waals surface area contributed by atoms with E-state index in [2.05, 4.69) is 0 Å². The number of aromatic hydroxyl groups is 1. The van der Waals surface area contributed by atoms with Crippen molar-refractivity contribution in [2.24, 2.45) is 7.05 Å². The number of phenols is 1. The Labute approximate surface area is 106 Å². The molecule has 0 saturated heterocycles. The minimum Gasteiger partial charge on any atom is -0.508 e. The Kier molecular flexibility index (Phi) is 3.03. The zero-order valence-corrected chi connectivity index (χ0v) is 11.1. The Bertz CT molecular complexity index is 626. The zero-order chi connectivity index (χ0) is 13.4. The highest BCUT2D eigenvalue weighted by atomic mass is 16.5. The van der Waals surface area contributed by atoms with Crippen LogP contribution in [0.25, 0.3) is 10.9 Å². The van der Waals surface area contributed by atoms with Gasteiger partial charge in [0, 0.05) is 23.6 Å². The number of aromatic nitrogens is 1. The maximum Gasteiger partial charge on any atom is 0.340 e. The highest BCUT2D eigenvalue weighted by molar-refractivity contribution is 6.06. The zero-order valence-electron chi connectivity index (χ0n) is 11.1. The lowest BCUT2D eigenvalue weighted by molar-refractivity contribution is 0.0527. The molecule has 0 bridgehead atoms. The quantitative estimate of drug-likeness (QED) is 0.830. The fourth-order valence-electron chi connectivity index (χ4n) is 2.16. The smallest absolute Gasteiger partial charge is 0.340 e. The molecule has 0 aliphatic heterocycles. The molecule has 1 aromatic heterocycles. The molecule has 2 aromatic rings.